The first-order valence-corrected chi connectivity index (χ1v) is 16.8. The minimum Gasteiger partial charge on any atom is -0.352 e. The molecule has 42 heavy (non-hydrogen) atoms. The summed E-state index contributed by atoms with van der Waals surface area (Å²) in [6.45, 7) is 24.6. The normalized spacial score (nSPS) is 14.8. The van der Waals surface area contributed by atoms with Crippen molar-refractivity contribution in [3.63, 3.8) is 0 Å². The van der Waals surface area contributed by atoms with E-state index in [2.05, 4.69) is 88.9 Å². The molecule has 1 heterocycles. The predicted octanol–water partition coefficient (Wildman–Crippen LogP) is 10.2. The third-order valence-electron chi connectivity index (χ3n) is 5.88. The summed E-state index contributed by atoms with van der Waals surface area (Å²) >= 11 is 5.97. The molecule has 0 bridgehead atoms. The van der Waals surface area contributed by atoms with Crippen LogP contribution in [0.15, 0.2) is 52.5 Å². The first kappa shape index (κ1) is 41.8. The van der Waals surface area contributed by atoms with E-state index < -0.39 is 0 Å². The third kappa shape index (κ3) is 18.9. The predicted molar refractivity (Wildman–Crippen MR) is 191 cm³/mol. The van der Waals surface area contributed by atoms with Crippen molar-refractivity contribution in [1.29, 1.82) is 0 Å². The topological polar surface area (TPSA) is 49.4 Å². The molecule has 6 heteroatoms. The fourth-order valence-corrected chi connectivity index (χ4v) is 4.97. The zero-order valence-corrected chi connectivity index (χ0v) is 30.0. The third-order valence-corrected chi connectivity index (χ3v) is 7.26. The summed E-state index contributed by atoms with van der Waals surface area (Å²) in [6.07, 6.45) is 9.56. The maximum atomic E-state index is 12.0. The zero-order valence-electron chi connectivity index (χ0n) is 28.3. The van der Waals surface area contributed by atoms with Crippen molar-refractivity contribution in [3.05, 3.63) is 63.6 Å². The molecule has 0 spiro atoms. The van der Waals surface area contributed by atoms with Gasteiger partial charge in [0.25, 0.3) is 0 Å². The maximum Gasteiger partial charge on any atom is 0.227 e. The van der Waals surface area contributed by atoms with E-state index in [-0.39, 0.29) is 11.9 Å². The highest BCUT2D eigenvalue weighted by atomic mass is 32.2. The summed E-state index contributed by atoms with van der Waals surface area (Å²) in [6, 6.07) is 8.30. The fraction of sp³-hybridized carbons (Fsp3) is 0.556. The van der Waals surface area contributed by atoms with Crippen LogP contribution in [-0.4, -0.2) is 30.3 Å². The SMILES string of the molecule is CC.CC/C=C(C)/C=C(\S)CC(=O)N1CCC(C)C1.CCC.CCC#CSC(=C(C)C)c1ccc(C(C)NC=O)cc1. The molecule has 1 aliphatic rings. The summed E-state index contributed by atoms with van der Waals surface area (Å²) in [5.41, 5.74) is 4.70. The number of thiol groups is 1. The van der Waals surface area contributed by atoms with Crippen LogP contribution in [0.4, 0.5) is 0 Å². The van der Waals surface area contributed by atoms with Gasteiger partial charge in [-0.15, -0.1) is 12.6 Å². The average Bonchev–Trinajstić information content (AvgIpc) is 3.39. The zero-order chi connectivity index (χ0) is 32.5. The van der Waals surface area contributed by atoms with E-state index in [1.807, 2.05) is 57.7 Å². The Morgan fingerprint density at radius 1 is 1.14 bits per heavy atom. The minimum absolute atomic E-state index is 0.0317. The Balaban J connectivity index is 0. The number of likely N-dealkylation sites (tertiary alicyclic amines) is 1. The molecule has 1 saturated heterocycles. The molecule has 1 N–H and O–H groups in total. The average molecular weight is 615 g/mol. The number of carbonyl (C=O) groups excluding carboxylic acids is 2. The summed E-state index contributed by atoms with van der Waals surface area (Å²) in [5.74, 6) is 3.93. The van der Waals surface area contributed by atoms with E-state index >= 15 is 0 Å². The minimum atomic E-state index is 0.0317. The van der Waals surface area contributed by atoms with Crippen LogP contribution in [0, 0.1) is 17.1 Å². The van der Waals surface area contributed by atoms with Gasteiger partial charge in [-0.2, -0.15) is 0 Å². The number of hydrogen-bond donors (Lipinski definition) is 2. The quantitative estimate of drug-likeness (QED) is 0.126. The Morgan fingerprint density at radius 2 is 1.74 bits per heavy atom. The second kappa shape index (κ2) is 26.3. The van der Waals surface area contributed by atoms with Gasteiger partial charge in [-0.3, -0.25) is 9.59 Å². The van der Waals surface area contributed by atoms with E-state index in [9.17, 15) is 9.59 Å². The maximum absolute atomic E-state index is 12.0. The molecule has 2 amide bonds. The first-order valence-electron chi connectivity index (χ1n) is 15.5. The molecule has 2 rings (SSSR count). The van der Waals surface area contributed by atoms with E-state index in [0.29, 0.717) is 12.3 Å². The number of hydrogen-bond acceptors (Lipinski definition) is 4. The molecule has 1 aromatic rings. The molecule has 0 saturated carbocycles. The Kier molecular flexibility index (Phi) is 26.1. The highest BCUT2D eigenvalue weighted by molar-refractivity contribution is 8.12. The number of rotatable bonds is 9. The molecule has 236 valence electrons. The monoisotopic (exact) mass is 614 g/mol. The second-order valence-corrected chi connectivity index (χ2v) is 11.7. The van der Waals surface area contributed by atoms with Crippen molar-refractivity contribution >= 4 is 41.6 Å². The Bertz CT molecular complexity index is 1040. The van der Waals surface area contributed by atoms with Gasteiger partial charge >= 0.3 is 0 Å². The second-order valence-electron chi connectivity index (χ2n) is 10.3. The number of nitrogens with zero attached hydrogens (tertiary/aromatic N) is 1. The van der Waals surface area contributed by atoms with E-state index in [4.69, 9.17) is 0 Å². The number of benzene rings is 1. The molecule has 0 radical (unpaired) electrons. The first-order chi connectivity index (χ1) is 20.0. The number of carbonyl (C=O) groups is 2. The molecule has 4 nitrogen and oxygen atoms in total. The molecule has 0 aromatic heterocycles. The van der Waals surface area contributed by atoms with E-state index in [1.54, 1.807) is 11.8 Å². The molecule has 1 aromatic carbocycles. The van der Waals surface area contributed by atoms with Crippen molar-refractivity contribution in [1.82, 2.24) is 10.2 Å². The number of nitrogens with one attached hydrogen (secondary N) is 1. The lowest BCUT2D eigenvalue weighted by Gasteiger charge is -2.15. The molecular weight excluding hydrogens is 557 g/mol. The van der Waals surface area contributed by atoms with Crippen LogP contribution >= 0.6 is 24.4 Å². The van der Waals surface area contributed by atoms with E-state index in [1.165, 1.54) is 28.0 Å². The van der Waals surface area contributed by atoms with Gasteiger partial charge in [-0.25, -0.2) is 0 Å². The van der Waals surface area contributed by atoms with Gasteiger partial charge in [0, 0.05) is 24.4 Å². The summed E-state index contributed by atoms with van der Waals surface area (Å²) in [7, 11) is 0. The van der Waals surface area contributed by atoms with Gasteiger partial charge in [0.2, 0.25) is 12.3 Å². The Morgan fingerprint density at radius 3 is 2.19 bits per heavy atom. The highest BCUT2D eigenvalue weighted by Gasteiger charge is 2.23. The van der Waals surface area contributed by atoms with Crippen LogP contribution in [0.25, 0.3) is 4.91 Å². The van der Waals surface area contributed by atoms with Crippen LogP contribution < -0.4 is 5.32 Å². The van der Waals surface area contributed by atoms with Crippen LogP contribution in [0.3, 0.4) is 0 Å². The molecule has 2 unspecified atom stereocenters. The van der Waals surface area contributed by atoms with Gasteiger partial charge in [0.05, 0.1) is 12.5 Å². The van der Waals surface area contributed by atoms with Crippen molar-refractivity contribution in [2.75, 3.05) is 13.1 Å². The Labute approximate surface area is 268 Å². The Hall–Kier alpha value is -2.36. The standard InChI is InChI=1S/C17H21NOS.C14H23NOS.C3H8.C2H6/c1-5-6-11-20-17(13(2)3)16-9-7-15(8-10-16)14(4)18-12-19;1-4-5-11(2)8-13(17)9-14(16)15-7-6-12(3)10-15;1-3-2;1-2/h7-10,12,14H,5H2,1-4H3,(H,18,19);5,8,12,17H,4,6-7,9-10H2,1-3H3;3H2,1-2H3;1-2H3/b;11-5+,13-8-;;. The van der Waals surface area contributed by atoms with Gasteiger partial charge in [0.1, 0.15) is 0 Å². The highest BCUT2D eigenvalue weighted by Crippen LogP contribution is 2.31. The fourth-order valence-electron chi connectivity index (χ4n) is 3.85. The molecular formula is C36H58N2O2S2. The van der Waals surface area contributed by atoms with Crippen LogP contribution in [0.1, 0.15) is 125 Å². The largest absolute Gasteiger partial charge is 0.352 e. The van der Waals surface area contributed by atoms with Gasteiger partial charge < -0.3 is 10.2 Å². The lowest BCUT2D eigenvalue weighted by atomic mass is 10.0. The molecule has 0 aliphatic carbocycles. The van der Waals surface area contributed by atoms with Crippen molar-refractivity contribution < 1.29 is 9.59 Å². The summed E-state index contributed by atoms with van der Waals surface area (Å²) < 4.78 is 0. The number of allylic oxidation sites excluding steroid dienone is 4. The lowest BCUT2D eigenvalue weighted by Crippen LogP contribution is -2.28. The van der Waals surface area contributed by atoms with E-state index in [0.717, 1.165) is 49.2 Å². The van der Waals surface area contributed by atoms with Crippen LogP contribution in [0.2, 0.25) is 0 Å². The molecule has 1 fully saturated rings. The number of thioether (sulfide) groups is 1. The van der Waals surface area contributed by atoms with Gasteiger partial charge in [-0.1, -0.05) is 102 Å². The van der Waals surface area contributed by atoms with Crippen molar-refractivity contribution in [3.8, 4) is 11.2 Å². The van der Waals surface area contributed by atoms with Crippen molar-refractivity contribution in [2.24, 2.45) is 5.92 Å². The number of amides is 2. The molecule has 2 atom stereocenters. The summed E-state index contributed by atoms with van der Waals surface area (Å²) in [4.78, 5) is 26.4. The van der Waals surface area contributed by atoms with Crippen LogP contribution in [0.5, 0.6) is 0 Å². The lowest BCUT2D eigenvalue weighted by molar-refractivity contribution is -0.129. The van der Waals surface area contributed by atoms with Gasteiger partial charge in [0.15, 0.2) is 0 Å². The van der Waals surface area contributed by atoms with Gasteiger partial charge in [-0.05, 0) is 85.6 Å². The van der Waals surface area contributed by atoms with Crippen molar-refractivity contribution in [2.45, 2.75) is 114 Å². The smallest absolute Gasteiger partial charge is 0.227 e. The van der Waals surface area contributed by atoms with Crippen LogP contribution in [-0.2, 0) is 9.59 Å². The molecule has 1 aliphatic heterocycles. The summed E-state index contributed by atoms with van der Waals surface area (Å²) in [5, 5.41) is 5.88.